The molecule has 0 spiro atoms. The third-order valence-corrected chi connectivity index (χ3v) is 5.79. The number of rotatable bonds is 5. The largest absolute Gasteiger partial charge is 0.493 e. The lowest BCUT2D eigenvalue weighted by Gasteiger charge is -2.15. The Labute approximate surface area is 151 Å². The van der Waals surface area contributed by atoms with E-state index in [1.807, 2.05) is 0 Å². The molecule has 2 rings (SSSR count). The predicted octanol–water partition coefficient (Wildman–Crippen LogP) is 2.48. The Morgan fingerprint density at radius 1 is 0.769 bits per heavy atom. The van der Waals surface area contributed by atoms with Gasteiger partial charge in [0.05, 0.1) is 19.1 Å². The first-order valence-corrected chi connectivity index (χ1v) is 10.1. The van der Waals surface area contributed by atoms with Crippen LogP contribution in [0.5, 0.6) is 11.5 Å². The van der Waals surface area contributed by atoms with E-state index in [4.69, 9.17) is 9.47 Å². The van der Waals surface area contributed by atoms with Crippen LogP contribution in [0.2, 0.25) is 0 Å². The second kappa shape index (κ2) is 6.88. The zero-order chi connectivity index (χ0) is 19.9. The topological polar surface area (TPSA) is 127 Å². The van der Waals surface area contributed by atoms with Gasteiger partial charge in [-0.3, -0.25) is 9.11 Å². The Hall–Kier alpha value is -2.14. The van der Waals surface area contributed by atoms with E-state index in [2.05, 4.69) is 0 Å². The summed E-state index contributed by atoms with van der Waals surface area (Å²) in [4.78, 5) is -0.823. The van der Waals surface area contributed by atoms with Gasteiger partial charge in [0.1, 0.15) is 4.90 Å². The van der Waals surface area contributed by atoms with Gasteiger partial charge in [-0.25, -0.2) is 0 Å². The van der Waals surface area contributed by atoms with Crippen molar-refractivity contribution in [2.24, 2.45) is 0 Å². The van der Waals surface area contributed by atoms with Crippen molar-refractivity contribution in [3.63, 3.8) is 0 Å². The first kappa shape index (κ1) is 20.2. The fraction of sp³-hybridized carbons (Fsp3) is 0.250. The van der Waals surface area contributed by atoms with Crippen LogP contribution in [0, 0.1) is 13.8 Å². The minimum atomic E-state index is -4.64. The van der Waals surface area contributed by atoms with Gasteiger partial charge in [0.2, 0.25) is 0 Å². The highest BCUT2D eigenvalue weighted by atomic mass is 32.2. The molecule has 0 aliphatic heterocycles. The minimum absolute atomic E-state index is 0.0317. The summed E-state index contributed by atoms with van der Waals surface area (Å²) in [6.45, 7) is 3.19. The molecule has 0 heterocycles. The van der Waals surface area contributed by atoms with Crippen molar-refractivity contribution in [3.05, 3.63) is 35.4 Å². The molecule has 0 amide bonds. The fourth-order valence-corrected chi connectivity index (χ4v) is 4.07. The lowest BCUT2D eigenvalue weighted by Crippen LogP contribution is -2.05. The van der Waals surface area contributed by atoms with Crippen molar-refractivity contribution in [1.29, 1.82) is 0 Å². The maximum atomic E-state index is 11.7. The van der Waals surface area contributed by atoms with Gasteiger partial charge in [-0.2, -0.15) is 16.8 Å². The van der Waals surface area contributed by atoms with Gasteiger partial charge in [-0.15, -0.1) is 0 Å². The van der Waals surface area contributed by atoms with Crippen LogP contribution >= 0.6 is 0 Å². The Balaban J connectivity index is 2.88. The van der Waals surface area contributed by atoms with Crippen LogP contribution in [-0.4, -0.2) is 40.2 Å². The van der Waals surface area contributed by atoms with Crippen LogP contribution in [0.4, 0.5) is 0 Å². The standard InChI is InChI=1S/C16H18O8S2/c1-9-5-11(7-14(10(9)2)25(17,18)19)12-6-13(23-3)16(24-4)15(8-12)26(20,21)22/h5-8H,1-4H3,(H,17,18,19)(H,20,21,22). The predicted molar refractivity (Wildman–Crippen MR) is 94.1 cm³/mol. The summed E-state index contributed by atoms with van der Waals surface area (Å²) >= 11 is 0. The van der Waals surface area contributed by atoms with Gasteiger partial charge in [-0.05, 0) is 54.3 Å². The average Bonchev–Trinajstić information content (AvgIpc) is 2.53. The van der Waals surface area contributed by atoms with Gasteiger partial charge in [-0.1, -0.05) is 6.07 Å². The highest BCUT2D eigenvalue weighted by Gasteiger charge is 2.24. The van der Waals surface area contributed by atoms with Gasteiger partial charge in [0.25, 0.3) is 20.2 Å². The molecule has 0 aliphatic carbocycles. The fourth-order valence-electron chi connectivity index (χ4n) is 2.55. The zero-order valence-corrected chi connectivity index (χ0v) is 16.1. The molecule has 0 saturated carbocycles. The summed E-state index contributed by atoms with van der Waals surface area (Å²) in [5.41, 5.74) is 1.50. The molecular weight excluding hydrogens is 384 g/mol. The lowest BCUT2D eigenvalue weighted by molar-refractivity contribution is 0.345. The third-order valence-electron chi connectivity index (χ3n) is 3.95. The molecular formula is C16H18O8S2. The zero-order valence-electron chi connectivity index (χ0n) is 14.5. The number of hydrogen-bond donors (Lipinski definition) is 2. The summed E-state index contributed by atoms with van der Waals surface area (Å²) in [5.74, 6) is -0.151. The molecule has 142 valence electrons. The van der Waals surface area contributed by atoms with Crippen LogP contribution < -0.4 is 9.47 Å². The first-order valence-electron chi connectivity index (χ1n) is 7.22. The van der Waals surface area contributed by atoms with E-state index in [1.165, 1.54) is 26.4 Å². The van der Waals surface area contributed by atoms with Crippen molar-refractivity contribution in [3.8, 4) is 22.6 Å². The molecule has 8 nitrogen and oxygen atoms in total. The SMILES string of the molecule is COc1cc(-c2cc(C)c(C)c(S(=O)(=O)O)c2)cc(S(=O)(=O)O)c1OC. The molecule has 0 radical (unpaired) electrons. The van der Waals surface area contributed by atoms with Gasteiger partial charge >= 0.3 is 0 Å². The van der Waals surface area contributed by atoms with Crippen LogP contribution in [0.15, 0.2) is 34.1 Å². The van der Waals surface area contributed by atoms with Crippen molar-refractivity contribution in [2.75, 3.05) is 14.2 Å². The molecule has 0 aromatic heterocycles. The maximum absolute atomic E-state index is 11.7. The molecule has 0 fully saturated rings. The normalized spacial score (nSPS) is 12.1. The summed E-state index contributed by atoms with van der Waals surface area (Å²) in [6.07, 6.45) is 0. The molecule has 2 aromatic carbocycles. The molecule has 2 N–H and O–H groups in total. The molecule has 0 bridgehead atoms. The van der Waals surface area contributed by atoms with Crippen LogP contribution in [0.3, 0.4) is 0 Å². The van der Waals surface area contributed by atoms with Gasteiger partial charge in [0, 0.05) is 0 Å². The van der Waals surface area contributed by atoms with Gasteiger partial charge < -0.3 is 9.47 Å². The molecule has 0 saturated heterocycles. The van der Waals surface area contributed by atoms with E-state index < -0.39 is 25.1 Å². The Kier molecular flexibility index (Phi) is 5.34. The maximum Gasteiger partial charge on any atom is 0.298 e. The quantitative estimate of drug-likeness (QED) is 0.730. The number of methoxy groups -OCH3 is 2. The molecule has 26 heavy (non-hydrogen) atoms. The van der Waals surface area contributed by atoms with E-state index in [1.54, 1.807) is 19.9 Å². The van der Waals surface area contributed by atoms with E-state index in [9.17, 15) is 25.9 Å². The lowest BCUT2D eigenvalue weighted by atomic mass is 10.00. The molecule has 2 aromatic rings. The van der Waals surface area contributed by atoms with Crippen molar-refractivity contribution in [1.82, 2.24) is 0 Å². The van der Waals surface area contributed by atoms with Gasteiger partial charge in [0.15, 0.2) is 11.5 Å². The summed E-state index contributed by atoms with van der Waals surface area (Å²) in [7, 11) is -6.60. The second-order valence-corrected chi connectivity index (χ2v) is 8.36. The second-order valence-electron chi connectivity index (χ2n) is 5.58. The Morgan fingerprint density at radius 2 is 1.27 bits per heavy atom. The third kappa shape index (κ3) is 3.83. The molecule has 0 aliphatic rings. The van der Waals surface area contributed by atoms with Crippen molar-refractivity contribution < 1.29 is 35.4 Å². The van der Waals surface area contributed by atoms with E-state index in [-0.39, 0.29) is 22.0 Å². The van der Waals surface area contributed by atoms with E-state index >= 15 is 0 Å². The number of ether oxygens (including phenoxy) is 2. The van der Waals surface area contributed by atoms with E-state index in [0.29, 0.717) is 16.7 Å². The first-order chi connectivity index (χ1) is 11.9. The number of aryl methyl sites for hydroxylation is 1. The Bertz CT molecular complexity index is 1070. The van der Waals surface area contributed by atoms with Crippen molar-refractivity contribution in [2.45, 2.75) is 23.6 Å². The van der Waals surface area contributed by atoms with Crippen LogP contribution in [-0.2, 0) is 20.2 Å². The monoisotopic (exact) mass is 402 g/mol. The van der Waals surface area contributed by atoms with Crippen LogP contribution in [0.25, 0.3) is 11.1 Å². The molecule has 10 heteroatoms. The van der Waals surface area contributed by atoms with E-state index in [0.717, 1.165) is 6.07 Å². The molecule has 0 atom stereocenters. The highest BCUT2D eigenvalue weighted by molar-refractivity contribution is 7.86. The summed E-state index contributed by atoms with van der Waals surface area (Å²) < 4.78 is 75.6. The van der Waals surface area contributed by atoms with Crippen LogP contribution in [0.1, 0.15) is 11.1 Å². The smallest absolute Gasteiger partial charge is 0.298 e. The van der Waals surface area contributed by atoms with Crippen molar-refractivity contribution >= 4 is 20.2 Å². The Morgan fingerprint density at radius 3 is 1.73 bits per heavy atom. The number of benzene rings is 2. The molecule has 0 unspecified atom stereocenters. The minimum Gasteiger partial charge on any atom is -0.493 e. The highest BCUT2D eigenvalue weighted by Crippen LogP contribution is 2.39. The average molecular weight is 402 g/mol. The summed E-state index contributed by atoms with van der Waals surface area (Å²) in [5, 5.41) is 0. The number of hydrogen-bond acceptors (Lipinski definition) is 6. The summed E-state index contributed by atoms with van der Waals surface area (Å²) in [6, 6.07) is 5.41.